The third kappa shape index (κ3) is 5.74. The van der Waals surface area contributed by atoms with E-state index in [-0.39, 0.29) is 0 Å². The molecule has 0 saturated carbocycles. The first-order chi connectivity index (χ1) is 13.9. The van der Waals surface area contributed by atoms with Crippen LogP contribution < -0.4 is 4.74 Å². The second-order valence-corrected chi connectivity index (χ2v) is 9.18. The number of hydrogen-bond acceptors (Lipinski definition) is 6. The summed E-state index contributed by atoms with van der Waals surface area (Å²) in [6.07, 6.45) is -3.50. The normalized spacial score (nSPS) is 11.9. The summed E-state index contributed by atoms with van der Waals surface area (Å²) in [6, 6.07) is 10.6. The zero-order valence-corrected chi connectivity index (χ0v) is 17.6. The van der Waals surface area contributed by atoms with Gasteiger partial charge in [0.1, 0.15) is 16.6 Å². The van der Waals surface area contributed by atoms with Crippen molar-refractivity contribution in [1.82, 2.24) is 8.87 Å². The lowest BCUT2D eigenvalue weighted by molar-refractivity contribution is -0.192. The molecule has 2 aromatic heterocycles. The van der Waals surface area contributed by atoms with E-state index in [0.29, 0.717) is 22.1 Å². The Labute approximate surface area is 175 Å². The Morgan fingerprint density at radius 3 is 2.40 bits per heavy atom. The van der Waals surface area contributed by atoms with E-state index < -0.39 is 22.2 Å². The number of carboxylic acid groups (broad SMARTS) is 1. The molecule has 0 bridgehead atoms. The topological polar surface area (TPSA) is 88.8 Å². The molecule has 0 fully saturated rings. The van der Waals surface area contributed by atoms with E-state index in [2.05, 4.69) is 0 Å². The number of halogens is 3. The molecule has 0 aliphatic heterocycles. The highest BCUT2D eigenvalue weighted by molar-refractivity contribution is 7.92. The van der Waals surface area contributed by atoms with Crippen LogP contribution in [0.2, 0.25) is 0 Å². The van der Waals surface area contributed by atoms with E-state index in [0.717, 1.165) is 11.9 Å². The summed E-state index contributed by atoms with van der Waals surface area (Å²) in [4.78, 5) is 10.9. The van der Waals surface area contributed by atoms with Gasteiger partial charge in [0.2, 0.25) is 0 Å². The number of benzene rings is 1. The van der Waals surface area contributed by atoms with Gasteiger partial charge in [-0.15, -0.1) is 11.3 Å². The van der Waals surface area contributed by atoms with Crippen LogP contribution in [0.1, 0.15) is 0 Å². The highest BCUT2D eigenvalue weighted by Crippen LogP contribution is 2.30. The summed E-state index contributed by atoms with van der Waals surface area (Å²) in [5.74, 6) is -2.06. The van der Waals surface area contributed by atoms with Crippen molar-refractivity contribution in [3.05, 3.63) is 48.0 Å². The van der Waals surface area contributed by atoms with Gasteiger partial charge in [-0.05, 0) is 43.7 Å². The number of nitrogens with zero attached hydrogens (tertiary/aromatic N) is 2. The van der Waals surface area contributed by atoms with E-state index >= 15 is 0 Å². The maximum absolute atomic E-state index is 12.7. The molecular formula is C18H19F3N2O5S2. The fourth-order valence-electron chi connectivity index (χ4n) is 2.30. The van der Waals surface area contributed by atoms with Gasteiger partial charge in [0.15, 0.2) is 0 Å². The molecule has 0 aliphatic rings. The van der Waals surface area contributed by atoms with E-state index in [1.165, 1.54) is 15.3 Å². The smallest absolute Gasteiger partial charge is 0.490 e. The molecule has 0 atom stereocenters. The number of aliphatic carboxylic acids is 1. The largest absolute Gasteiger partial charge is 0.492 e. The van der Waals surface area contributed by atoms with Crippen LogP contribution in [-0.2, 0) is 14.8 Å². The van der Waals surface area contributed by atoms with Gasteiger partial charge in [-0.2, -0.15) is 21.6 Å². The molecule has 164 valence electrons. The van der Waals surface area contributed by atoms with Crippen molar-refractivity contribution in [3.8, 4) is 5.75 Å². The first-order valence-corrected chi connectivity index (χ1v) is 10.7. The first-order valence-electron chi connectivity index (χ1n) is 8.41. The SMILES string of the molecule is CN(C)CCOc1cccc2c1ccn2S(=O)(=O)c1cccs1.O=C(O)C(F)(F)F. The molecule has 0 spiro atoms. The number of likely N-dealkylation sites (N-methyl/N-ethyl adjacent to an activating group) is 1. The van der Waals surface area contributed by atoms with Crippen molar-refractivity contribution in [2.24, 2.45) is 0 Å². The Bertz CT molecular complexity index is 1090. The molecule has 12 heteroatoms. The molecule has 0 saturated heterocycles. The monoisotopic (exact) mass is 464 g/mol. The number of thiophene rings is 1. The lowest BCUT2D eigenvalue weighted by Gasteiger charge is -2.12. The minimum absolute atomic E-state index is 0.328. The van der Waals surface area contributed by atoms with Gasteiger partial charge in [-0.1, -0.05) is 12.1 Å². The Morgan fingerprint density at radius 2 is 1.87 bits per heavy atom. The second-order valence-electron chi connectivity index (χ2n) is 6.19. The van der Waals surface area contributed by atoms with Crippen LogP contribution in [0.5, 0.6) is 5.75 Å². The minimum Gasteiger partial charge on any atom is -0.492 e. The minimum atomic E-state index is -5.08. The third-order valence-electron chi connectivity index (χ3n) is 3.70. The van der Waals surface area contributed by atoms with Gasteiger partial charge < -0.3 is 14.7 Å². The number of alkyl halides is 3. The zero-order valence-electron chi connectivity index (χ0n) is 16.0. The van der Waals surface area contributed by atoms with Crippen LogP contribution >= 0.6 is 11.3 Å². The number of carboxylic acids is 1. The molecule has 3 rings (SSSR count). The molecular weight excluding hydrogens is 445 g/mol. The standard InChI is InChI=1S/C16H18N2O3S2.C2HF3O2/c1-17(2)10-11-21-15-6-3-5-14-13(15)8-9-18(14)23(19,20)16-7-4-12-22-16;3-2(4,5)1(6)7/h3-9,12H,10-11H2,1-2H3;(H,6,7). The maximum atomic E-state index is 12.7. The van der Waals surface area contributed by atoms with Crippen LogP contribution in [0.3, 0.4) is 0 Å². The molecule has 1 aromatic carbocycles. The average molecular weight is 464 g/mol. The molecule has 30 heavy (non-hydrogen) atoms. The summed E-state index contributed by atoms with van der Waals surface area (Å²) in [7, 11) is 0.402. The number of ether oxygens (including phenoxy) is 1. The van der Waals surface area contributed by atoms with E-state index in [4.69, 9.17) is 14.6 Å². The number of hydrogen-bond donors (Lipinski definition) is 1. The summed E-state index contributed by atoms with van der Waals surface area (Å²) in [6.45, 7) is 1.35. The number of fused-ring (bicyclic) bond motifs is 1. The van der Waals surface area contributed by atoms with Crippen molar-refractivity contribution >= 4 is 38.2 Å². The Morgan fingerprint density at radius 1 is 1.20 bits per heavy atom. The van der Waals surface area contributed by atoms with Crippen LogP contribution in [0.25, 0.3) is 10.9 Å². The van der Waals surface area contributed by atoms with Gasteiger partial charge >= 0.3 is 12.1 Å². The highest BCUT2D eigenvalue weighted by Gasteiger charge is 2.38. The van der Waals surface area contributed by atoms with Gasteiger partial charge in [-0.3, -0.25) is 0 Å². The maximum Gasteiger partial charge on any atom is 0.490 e. The van der Waals surface area contributed by atoms with Gasteiger partial charge in [0, 0.05) is 18.1 Å². The molecule has 1 N–H and O–H groups in total. The van der Waals surface area contributed by atoms with Gasteiger partial charge in [0.05, 0.1) is 5.52 Å². The van der Waals surface area contributed by atoms with E-state index in [9.17, 15) is 21.6 Å². The lowest BCUT2D eigenvalue weighted by atomic mass is 10.2. The third-order valence-corrected chi connectivity index (χ3v) is 6.77. The number of rotatable bonds is 6. The highest BCUT2D eigenvalue weighted by atomic mass is 32.2. The fraction of sp³-hybridized carbons (Fsp3) is 0.278. The number of carbonyl (C=O) groups is 1. The number of aromatic nitrogens is 1. The summed E-state index contributed by atoms with van der Waals surface area (Å²) in [5.41, 5.74) is 0.626. The first kappa shape index (κ1) is 23.7. The summed E-state index contributed by atoms with van der Waals surface area (Å²) >= 11 is 1.21. The predicted octanol–water partition coefficient (Wildman–Crippen LogP) is 3.51. The van der Waals surface area contributed by atoms with Crippen LogP contribution in [-0.4, -0.2) is 61.8 Å². The second kappa shape index (κ2) is 9.49. The Balaban J connectivity index is 0.000000396. The molecule has 2 heterocycles. The van der Waals surface area contributed by atoms with Crippen molar-refractivity contribution in [3.63, 3.8) is 0 Å². The summed E-state index contributed by atoms with van der Waals surface area (Å²) in [5, 5.41) is 9.68. The quantitative estimate of drug-likeness (QED) is 0.601. The molecule has 0 unspecified atom stereocenters. The predicted molar refractivity (Wildman–Crippen MR) is 107 cm³/mol. The molecule has 0 amide bonds. The summed E-state index contributed by atoms with van der Waals surface area (Å²) < 4.78 is 64.6. The average Bonchev–Trinajstić information content (AvgIpc) is 3.32. The van der Waals surface area contributed by atoms with E-state index in [1.54, 1.807) is 35.8 Å². The van der Waals surface area contributed by atoms with Crippen LogP contribution in [0.4, 0.5) is 13.2 Å². The molecule has 0 radical (unpaired) electrons. The van der Waals surface area contributed by atoms with E-state index in [1.807, 2.05) is 31.1 Å². The van der Waals surface area contributed by atoms with Gasteiger partial charge in [0.25, 0.3) is 10.0 Å². The Hall–Kier alpha value is -2.57. The molecule has 0 aliphatic carbocycles. The lowest BCUT2D eigenvalue weighted by Crippen LogP contribution is -2.21. The fourth-order valence-corrected chi connectivity index (χ4v) is 4.72. The molecule has 3 aromatic rings. The van der Waals surface area contributed by atoms with Crippen molar-refractivity contribution in [2.75, 3.05) is 27.2 Å². The van der Waals surface area contributed by atoms with Crippen molar-refractivity contribution in [2.45, 2.75) is 10.4 Å². The van der Waals surface area contributed by atoms with Gasteiger partial charge in [-0.25, -0.2) is 8.77 Å². The van der Waals surface area contributed by atoms with Crippen LogP contribution in [0, 0.1) is 0 Å². The van der Waals surface area contributed by atoms with Crippen molar-refractivity contribution < 1.29 is 36.2 Å². The van der Waals surface area contributed by atoms with Crippen LogP contribution in [0.15, 0.2) is 52.2 Å². The van der Waals surface area contributed by atoms with Crippen molar-refractivity contribution in [1.29, 1.82) is 0 Å². The zero-order chi connectivity index (χ0) is 22.5. The molecule has 7 nitrogen and oxygen atoms in total. The Kier molecular flexibility index (Phi) is 7.50.